The molecule has 112 valence electrons. The van der Waals surface area contributed by atoms with Crippen molar-refractivity contribution in [3.05, 3.63) is 48.3 Å². The van der Waals surface area contributed by atoms with Gasteiger partial charge in [-0.3, -0.25) is 4.79 Å². The number of anilines is 1. The fraction of sp³-hybridized carbons (Fsp3) is 0.214. The zero-order chi connectivity index (χ0) is 15.5. The number of rotatable bonds is 4. The number of hydrogen-bond donors (Lipinski definition) is 1. The molecular weight excluding hydrogens is 285 g/mol. The van der Waals surface area contributed by atoms with Gasteiger partial charge in [-0.25, -0.2) is 0 Å². The maximum absolute atomic E-state index is 12.0. The summed E-state index contributed by atoms with van der Waals surface area (Å²) < 4.78 is 42.3. The van der Waals surface area contributed by atoms with Crippen molar-refractivity contribution >= 4 is 11.6 Å². The lowest BCUT2D eigenvalue weighted by molar-refractivity contribution is -0.153. The van der Waals surface area contributed by atoms with Gasteiger partial charge in [0.25, 0.3) is 5.91 Å². The minimum atomic E-state index is -4.38. The minimum absolute atomic E-state index is 0.0872. The van der Waals surface area contributed by atoms with E-state index >= 15 is 0 Å². The number of amides is 1. The first-order chi connectivity index (χ1) is 9.85. The van der Waals surface area contributed by atoms with E-state index in [0.29, 0.717) is 11.4 Å². The van der Waals surface area contributed by atoms with Crippen molar-refractivity contribution < 1.29 is 22.7 Å². The second-order valence-electron chi connectivity index (χ2n) is 4.39. The molecule has 1 N–H and O–H groups in total. The van der Waals surface area contributed by atoms with E-state index in [4.69, 9.17) is 0 Å². The molecule has 0 atom stereocenters. The van der Waals surface area contributed by atoms with Gasteiger partial charge in [-0.1, -0.05) is 0 Å². The molecule has 4 nitrogen and oxygen atoms in total. The maximum atomic E-state index is 12.0. The molecule has 0 aliphatic heterocycles. The zero-order valence-electron chi connectivity index (χ0n) is 11.1. The number of halogens is 3. The van der Waals surface area contributed by atoms with E-state index in [1.54, 1.807) is 29.9 Å². The van der Waals surface area contributed by atoms with Crippen LogP contribution < -0.4 is 10.1 Å². The van der Waals surface area contributed by atoms with E-state index in [0.717, 1.165) is 0 Å². The predicted molar refractivity (Wildman–Crippen MR) is 71.4 cm³/mol. The monoisotopic (exact) mass is 298 g/mol. The third-order valence-corrected chi connectivity index (χ3v) is 2.69. The van der Waals surface area contributed by atoms with Gasteiger partial charge in [0.1, 0.15) is 11.4 Å². The Balaban J connectivity index is 1.96. The largest absolute Gasteiger partial charge is 0.484 e. The van der Waals surface area contributed by atoms with Crippen molar-refractivity contribution in [2.45, 2.75) is 6.18 Å². The van der Waals surface area contributed by atoms with Gasteiger partial charge in [-0.2, -0.15) is 13.2 Å². The van der Waals surface area contributed by atoms with Crippen LogP contribution in [-0.2, 0) is 7.05 Å². The fourth-order valence-corrected chi connectivity index (χ4v) is 1.69. The number of aryl methyl sites for hydroxylation is 1. The number of hydrogen-bond acceptors (Lipinski definition) is 2. The molecule has 1 aromatic carbocycles. The van der Waals surface area contributed by atoms with Gasteiger partial charge < -0.3 is 14.6 Å². The molecule has 1 aromatic heterocycles. The van der Waals surface area contributed by atoms with Crippen LogP contribution in [0.2, 0.25) is 0 Å². The second-order valence-corrected chi connectivity index (χ2v) is 4.39. The number of ether oxygens (including phenoxy) is 1. The summed E-state index contributed by atoms with van der Waals surface area (Å²) in [5, 5.41) is 2.65. The maximum Gasteiger partial charge on any atom is 0.422 e. The van der Waals surface area contributed by atoms with Gasteiger partial charge in [0.2, 0.25) is 0 Å². The number of aromatic nitrogens is 1. The van der Waals surface area contributed by atoms with Crippen LogP contribution in [0.1, 0.15) is 10.5 Å². The summed E-state index contributed by atoms with van der Waals surface area (Å²) >= 11 is 0. The summed E-state index contributed by atoms with van der Waals surface area (Å²) in [5.74, 6) is -0.212. The Hall–Kier alpha value is -2.44. The second kappa shape index (κ2) is 5.90. The molecular formula is C14H13F3N2O2. The predicted octanol–water partition coefficient (Wildman–Crippen LogP) is 3.22. The lowest BCUT2D eigenvalue weighted by atomic mass is 10.3. The smallest absolute Gasteiger partial charge is 0.422 e. The molecule has 1 heterocycles. The molecule has 21 heavy (non-hydrogen) atoms. The van der Waals surface area contributed by atoms with Gasteiger partial charge in [0, 0.05) is 18.9 Å². The van der Waals surface area contributed by atoms with Crippen molar-refractivity contribution in [2.24, 2.45) is 7.05 Å². The average Bonchev–Trinajstić information content (AvgIpc) is 2.83. The number of nitrogens with zero attached hydrogens (tertiary/aromatic N) is 1. The number of alkyl halides is 3. The number of carbonyl (C=O) groups excluding carboxylic acids is 1. The van der Waals surface area contributed by atoms with Crippen LogP contribution in [-0.4, -0.2) is 23.3 Å². The third-order valence-electron chi connectivity index (χ3n) is 2.69. The first kappa shape index (κ1) is 15.0. The van der Waals surface area contributed by atoms with Gasteiger partial charge in [-0.05, 0) is 36.4 Å². The quantitative estimate of drug-likeness (QED) is 0.942. The molecule has 0 unspecified atom stereocenters. The summed E-state index contributed by atoms with van der Waals surface area (Å²) in [5.41, 5.74) is 0.952. The van der Waals surface area contributed by atoms with E-state index in [-0.39, 0.29) is 11.7 Å². The summed E-state index contributed by atoms with van der Waals surface area (Å²) in [7, 11) is 1.74. The summed E-state index contributed by atoms with van der Waals surface area (Å²) in [6.45, 7) is -1.35. The van der Waals surface area contributed by atoms with Gasteiger partial charge >= 0.3 is 6.18 Å². The lowest BCUT2D eigenvalue weighted by Crippen LogP contribution is -2.19. The SMILES string of the molecule is Cn1cccc1C(=O)Nc1ccc(OCC(F)(F)F)cc1. The van der Waals surface area contributed by atoms with Gasteiger partial charge in [-0.15, -0.1) is 0 Å². The van der Waals surface area contributed by atoms with Crippen LogP contribution in [0.25, 0.3) is 0 Å². The standard InChI is InChI=1S/C14H13F3N2O2/c1-19-8-2-3-12(19)13(20)18-10-4-6-11(7-5-10)21-9-14(15,16)17/h2-8H,9H2,1H3,(H,18,20). The van der Waals surface area contributed by atoms with E-state index in [1.807, 2.05) is 0 Å². The summed E-state index contributed by atoms with van der Waals surface area (Å²) in [6.07, 6.45) is -2.64. The molecule has 0 aliphatic rings. The summed E-state index contributed by atoms with van der Waals surface area (Å²) in [6, 6.07) is 9.09. The van der Waals surface area contributed by atoms with Crippen LogP contribution in [0.4, 0.5) is 18.9 Å². The van der Waals surface area contributed by atoms with Crippen molar-refractivity contribution in [2.75, 3.05) is 11.9 Å². The average molecular weight is 298 g/mol. The molecule has 0 fully saturated rings. The molecule has 0 saturated heterocycles. The highest BCUT2D eigenvalue weighted by Crippen LogP contribution is 2.20. The first-order valence-electron chi connectivity index (χ1n) is 6.07. The van der Waals surface area contributed by atoms with Crippen LogP contribution in [0.15, 0.2) is 42.6 Å². The Bertz CT molecular complexity index is 618. The first-order valence-corrected chi connectivity index (χ1v) is 6.07. The lowest BCUT2D eigenvalue weighted by Gasteiger charge is -2.10. The Morgan fingerprint density at radius 2 is 1.90 bits per heavy atom. The Labute approximate surface area is 119 Å². The van der Waals surface area contributed by atoms with Crippen LogP contribution in [0.3, 0.4) is 0 Å². The Kier molecular flexibility index (Phi) is 4.21. The normalized spacial score (nSPS) is 11.2. The molecule has 7 heteroatoms. The molecule has 0 aliphatic carbocycles. The highest BCUT2D eigenvalue weighted by atomic mass is 19.4. The fourth-order valence-electron chi connectivity index (χ4n) is 1.69. The molecule has 2 rings (SSSR count). The van der Waals surface area contributed by atoms with Crippen molar-refractivity contribution in [3.8, 4) is 5.75 Å². The molecule has 1 amide bonds. The van der Waals surface area contributed by atoms with Crippen molar-refractivity contribution in [1.29, 1.82) is 0 Å². The highest BCUT2D eigenvalue weighted by Gasteiger charge is 2.28. The van der Waals surface area contributed by atoms with Crippen LogP contribution in [0, 0.1) is 0 Å². The zero-order valence-corrected chi connectivity index (χ0v) is 11.1. The summed E-state index contributed by atoms with van der Waals surface area (Å²) in [4.78, 5) is 11.9. The number of nitrogens with one attached hydrogen (secondary N) is 1. The number of benzene rings is 1. The molecule has 0 bridgehead atoms. The Morgan fingerprint density at radius 1 is 1.24 bits per heavy atom. The van der Waals surface area contributed by atoms with Crippen molar-refractivity contribution in [3.63, 3.8) is 0 Å². The van der Waals surface area contributed by atoms with Crippen molar-refractivity contribution in [1.82, 2.24) is 4.57 Å². The third kappa shape index (κ3) is 4.27. The van der Waals surface area contributed by atoms with E-state index < -0.39 is 12.8 Å². The topological polar surface area (TPSA) is 43.3 Å². The molecule has 0 radical (unpaired) electrons. The van der Waals surface area contributed by atoms with E-state index in [1.165, 1.54) is 24.3 Å². The van der Waals surface area contributed by atoms with Crippen LogP contribution >= 0.6 is 0 Å². The van der Waals surface area contributed by atoms with Gasteiger partial charge in [0.05, 0.1) is 0 Å². The van der Waals surface area contributed by atoms with Crippen LogP contribution in [0.5, 0.6) is 5.75 Å². The molecule has 0 saturated carbocycles. The highest BCUT2D eigenvalue weighted by molar-refractivity contribution is 6.03. The molecule has 2 aromatic rings. The number of carbonyl (C=O) groups is 1. The van der Waals surface area contributed by atoms with E-state index in [9.17, 15) is 18.0 Å². The van der Waals surface area contributed by atoms with Gasteiger partial charge in [0.15, 0.2) is 6.61 Å². The molecule has 0 spiro atoms. The minimum Gasteiger partial charge on any atom is -0.484 e. The Morgan fingerprint density at radius 3 is 2.43 bits per heavy atom. The van der Waals surface area contributed by atoms with E-state index in [2.05, 4.69) is 10.1 Å².